The van der Waals surface area contributed by atoms with Crippen LogP contribution in [0.3, 0.4) is 0 Å². The van der Waals surface area contributed by atoms with Crippen molar-refractivity contribution in [1.29, 1.82) is 0 Å². The zero-order valence-corrected chi connectivity index (χ0v) is 37.3. The minimum atomic E-state index is -0.989. The predicted octanol–water partition coefficient (Wildman–Crippen LogP) is 5.76. The quantitative estimate of drug-likeness (QED) is 0.0792. The molecule has 0 aliphatic carbocycles. The number of esters is 1. The van der Waals surface area contributed by atoms with Gasteiger partial charge >= 0.3 is 11.9 Å². The molecular formula is C44H68N6O8S. The topological polar surface area (TPSA) is 187 Å². The maximum Gasteiger partial charge on any atom is 0.306 e. The van der Waals surface area contributed by atoms with Gasteiger partial charge in [0.15, 0.2) is 6.10 Å². The number of benzene rings is 1. The predicted molar refractivity (Wildman–Crippen MR) is 229 cm³/mol. The van der Waals surface area contributed by atoms with Crippen LogP contribution in [-0.2, 0) is 35.1 Å². The fourth-order valence-corrected chi connectivity index (χ4v) is 8.39. The highest BCUT2D eigenvalue weighted by Gasteiger charge is 2.42. The summed E-state index contributed by atoms with van der Waals surface area (Å²) in [5.41, 5.74) is 1.01. The molecule has 4 amide bonds. The monoisotopic (exact) mass is 840 g/mol. The van der Waals surface area contributed by atoms with Gasteiger partial charge in [0.25, 0.3) is 5.91 Å². The maximum atomic E-state index is 15.1. The van der Waals surface area contributed by atoms with Crippen molar-refractivity contribution < 1.29 is 38.6 Å². The van der Waals surface area contributed by atoms with Gasteiger partial charge in [-0.1, -0.05) is 91.1 Å². The Bertz CT molecular complexity index is 1690. The molecule has 1 unspecified atom stereocenters. The molecule has 0 radical (unpaired) electrons. The number of likely N-dealkylation sites (N-methyl/N-ethyl adjacent to an activating group) is 1. The van der Waals surface area contributed by atoms with Crippen molar-refractivity contribution in [3.05, 3.63) is 52.0 Å². The summed E-state index contributed by atoms with van der Waals surface area (Å²) < 4.78 is 5.88. The number of thiazole rings is 1. The number of rotatable bonds is 23. The Hall–Kier alpha value is -4.37. The molecule has 4 N–H and O–H groups in total. The minimum Gasteiger partial charge on any atom is -0.481 e. The third kappa shape index (κ3) is 14.7. The largest absolute Gasteiger partial charge is 0.481 e. The van der Waals surface area contributed by atoms with Crippen LogP contribution in [0.25, 0.3) is 0 Å². The van der Waals surface area contributed by atoms with Crippen LogP contribution >= 0.6 is 11.3 Å². The van der Waals surface area contributed by atoms with Crippen molar-refractivity contribution in [2.24, 2.45) is 17.8 Å². The standard InChI is InChI=1S/C44H68N6O8S/c1-10-12-21-45-39(52)30(7)50(43(55)38(28(5)11-2)48-41(54)35-20-16-17-22-49(35)9)36(27(3)4)25-37(58-31(8)51)42-47-34(26-59-42)40(53)46-33(23-29(6)44(56)57)24-32-18-14-13-15-19-32/h13-15,18-19,26-30,33,35-38H,10-12,16-17,20-25H2,1-9H3,(H,45,52)(H,46,53)(H,48,54)(H,56,57)/t28-,29-,30?,33+,35+,36+,37+,38-/m0/s1. The molecule has 15 heteroatoms. The Morgan fingerprint density at radius 3 is 2.29 bits per heavy atom. The number of aromatic nitrogens is 1. The van der Waals surface area contributed by atoms with Gasteiger partial charge in [-0.05, 0) is 70.0 Å². The van der Waals surface area contributed by atoms with Crippen LogP contribution in [0, 0.1) is 17.8 Å². The van der Waals surface area contributed by atoms with Gasteiger partial charge in [-0.3, -0.25) is 33.7 Å². The Morgan fingerprint density at radius 2 is 1.69 bits per heavy atom. The third-order valence-electron chi connectivity index (χ3n) is 11.4. The first-order chi connectivity index (χ1) is 28.0. The summed E-state index contributed by atoms with van der Waals surface area (Å²) in [6.45, 7) is 15.5. The highest BCUT2D eigenvalue weighted by atomic mass is 32.1. The van der Waals surface area contributed by atoms with Crippen LogP contribution in [0.4, 0.5) is 0 Å². The molecule has 14 nitrogen and oxygen atoms in total. The summed E-state index contributed by atoms with van der Waals surface area (Å²) in [5, 5.41) is 20.6. The SMILES string of the molecule is CCCCNC(=O)C(C)N(C(=O)[C@@H](NC(=O)[C@H]1CCCCN1C)[C@@H](C)CC)[C@H](C[C@@H](OC(C)=O)c1nc(C(=O)N[C@@H](Cc2ccccc2)C[C@H](C)C(=O)O)cs1)C(C)C. The first-order valence-electron chi connectivity index (χ1n) is 21.3. The van der Waals surface area contributed by atoms with Gasteiger partial charge in [0, 0.05) is 37.4 Å². The number of likely N-dealkylation sites (tertiary alicyclic amines) is 1. The zero-order valence-electron chi connectivity index (χ0n) is 36.5. The summed E-state index contributed by atoms with van der Waals surface area (Å²) in [4.78, 5) is 89.0. The number of aliphatic carboxylic acids is 1. The molecule has 0 spiro atoms. The molecular weight excluding hydrogens is 773 g/mol. The Balaban J connectivity index is 2.00. The van der Waals surface area contributed by atoms with E-state index < -0.39 is 59.9 Å². The lowest BCUT2D eigenvalue weighted by Crippen LogP contribution is -2.62. The number of ether oxygens (including phenoxy) is 1. The number of carboxylic acids is 1. The van der Waals surface area contributed by atoms with Gasteiger partial charge < -0.3 is 30.7 Å². The fourth-order valence-electron chi connectivity index (χ4n) is 7.55. The molecule has 0 bridgehead atoms. The molecule has 1 aromatic carbocycles. The molecule has 1 aliphatic heterocycles. The van der Waals surface area contributed by atoms with E-state index in [9.17, 15) is 29.1 Å². The van der Waals surface area contributed by atoms with E-state index in [1.54, 1.807) is 24.1 Å². The molecule has 2 heterocycles. The van der Waals surface area contributed by atoms with E-state index in [0.717, 1.165) is 49.1 Å². The summed E-state index contributed by atoms with van der Waals surface area (Å²) in [6.07, 6.45) is 4.51. The molecule has 8 atom stereocenters. The second kappa shape index (κ2) is 24.0. The third-order valence-corrected chi connectivity index (χ3v) is 12.3. The molecule has 3 rings (SSSR count). The van der Waals surface area contributed by atoms with Gasteiger partial charge in [-0.15, -0.1) is 11.3 Å². The number of nitrogens with one attached hydrogen (secondary N) is 3. The molecule has 59 heavy (non-hydrogen) atoms. The Labute approximate surface area is 354 Å². The zero-order chi connectivity index (χ0) is 43.8. The fraction of sp³-hybridized carbons (Fsp3) is 0.659. The van der Waals surface area contributed by atoms with Crippen LogP contribution < -0.4 is 16.0 Å². The lowest BCUT2D eigenvalue weighted by molar-refractivity contribution is -0.153. The molecule has 1 aromatic heterocycles. The van der Waals surface area contributed by atoms with Crippen molar-refractivity contribution in [3.8, 4) is 0 Å². The van der Waals surface area contributed by atoms with Gasteiger partial charge in [-0.2, -0.15) is 0 Å². The van der Waals surface area contributed by atoms with E-state index in [2.05, 4.69) is 20.9 Å². The number of piperidine rings is 1. The van der Waals surface area contributed by atoms with Crippen molar-refractivity contribution in [2.45, 2.75) is 149 Å². The number of unbranched alkanes of at least 4 members (excludes halogenated alkanes) is 1. The van der Waals surface area contributed by atoms with Crippen molar-refractivity contribution in [2.75, 3.05) is 20.1 Å². The molecule has 1 fully saturated rings. The second-order valence-corrected chi connectivity index (χ2v) is 17.4. The smallest absolute Gasteiger partial charge is 0.306 e. The minimum absolute atomic E-state index is 0.0590. The molecule has 1 saturated heterocycles. The molecule has 328 valence electrons. The number of hydrogen-bond donors (Lipinski definition) is 4. The van der Waals surface area contributed by atoms with E-state index in [1.165, 1.54) is 6.92 Å². The highest BCUT2D eigenvalue weighted by molar-refractivity contribution is 7.09. The van der Waals surface area contributed by atoms with Crippen LogP contribution in [0.5, 0.6) is 0 Å². The maximum absolute atomic E-state index is 15.1. The van der Waals surface area contributed by atoms with Crippen LogP contribution in [0.1, 0.15) is 134 Å². The van der Waals surface area contributed by atoms with E-state index in [4.69, 9.17) is 4.74 Å². The van der Waals surface area contributed by atoms with E-state index in [0.29, 0.717) is 30.8 Å². The highest BCUT2D eigenvalue weighted by Crippen LogP contribution is 2.33. The van der Waals surface area contributed by atoms with Crippen molar-refractivity contribution in [1.82, 2.24) is 30.7 Å². The van der Waals surface area contributed by atoms with Crippen LogP contribution in [-0.4, -0.2) is 106 Å². The second-order valence-electron chi connectivity index (χ2n) is 16.5. The van der Waals surface area contributed by atoms with E-state index >= 15 is 4.79 Å². The van der Waals surface area contributed by atoms with Crippen molar-refractivity contribution in [3.63, 3.8) is 0 Å². The molecule has 0 saturated carbocycles. The van der Waals surface area contributed by atoms with Gasteiger partial charge in [0.2, 0.25) is 17.7 Å². The first-order valence-corrected chi connectivity index (χ1v) is 22.2. The normalized spacial score (nSPS) is 18.0. The summed E-state index contributed by atoms with van der Waals surface area (Å²) in [7, 11) is 1.92. The van der Waals surface area contributed by atoms with Gasteiger partial charge in [0.1, 0.15) is 22.8 Å². The van der Waals surface area contributed by atoms with Crippen LogP contribution in [0.15, 0.2) is 35.7 Å². The van der Waals surface area contributed by atoms with Crippen molar-refractivity contribution >= 4 is 46.9 Å². The van der Waals surface area contributed by atoms with E-state index in [1.807, 2.05) is 76.9 Å². The van der Waals surface area contributed by atoms with E-state index in [-0.39, 0.29) is 48.2 Å². The van der Waals surface area contributed by atoms with Gasteiger partial charge in [-0.25, -0.2) is 4.98 Å². The lowest BCUT2D eigenvalue weighted by Gasteiger charge is -2.42. The average Bonchev–Trinajstić information content (AvgIpc) is 3.70. The number of nitrogens with zero attached hydrogens (tertiary/aromatic N) is 3. The molecule has 1 aliphatic rings. The Kier molecular flexibility index (Phi) is 20.0. The number of amides is 4. The number of carbonyl (C=O) groups is 6. The number of carboxylic acid groups (broad SMARTS) is 1. The lowest BCUT2D eigenvalue weighted by atomic mass is 9.90. The molecule has 2 aromatic rings. The number of hydrogen-bond acceptors (Lipinski definition) is 10. The Morgan fingerprint density at radius 1 is 1.00 bits per heavy atom. The summed E-state index contributed by atoms with van der Waals surface area (Å²) >= 11 is 1.13. The summed E-state index contributed by atoms with van der Waals surface area (Å²) in [6, 6.07) is 6.06. The first kappa shape index (κ1) is 49.0. The van der Waals surface area contributed by atoms with Crippen LogP contribution in [0.2, 0.25) is 0 Å². The summed E-state index contributed by atoms with van der Waals surface area (Å²) in [5.74, 6) is -4.24. The number of carbonyl (C=O) groups excluding carboxylic acids is 5. The average molecular weight is 841 g/mol. The van der Waals surface area contributed by atoms with Gasteiger partial charge in [0.05, 0.1) is 12.0 Å².